The molecule has 0 saturated heterocycles. The first kappa shape index (κ1) is 13.7. The van der Waals surface area contributed by atoms with E-state index in [2.05, 4.69) is 11.4 Å². The second-order valence-corrected chi connectivity index (χ2v) is 4.53. The Labute approximate surface area is 114 Å². The molecule has 0 aliphatic carbocycles. The van der Waals surface area contributed by atoms with Crippen molar-refractivity contribution in [3.05, 3.63) is 36.1 Å². The zero-order valence-electron chi connectivity index (χ0n) is 11.5. The smallest absolute Gasteiger partial charge is 0.161 e. The van der Waals surface area contributed by atoms with E-state index in [4.69, 9.17) is 14.2 Å². The van der Waals surface area contributed by atoms with Crippen LogP contribution in [0.15, 0.2) is 30.5 Å². The topological polar surface area (TPSA) is 39.7 Å². The maximum atomic E-state index is 5.51. The standard InChI is InChI=1S/C15H21NO3/c1-17-14-7-6-12(9-15(14)18-2)10-16-11-13-5-3-4-8-19-13/h4,6-9,13,16H,3,5,10-11H2,1-2H3. The van der Waals surface area contributed by atoms with Crippen molar-refractivity contribution in [1.29, 1.82) is 0 Å². The molecule has 1 N–H and O–H groups in total. The number of methoxy groups -OCH3 is 2. The van der Waals surface area contributed by atoms with Gasteiger partial charge in [-0.15, -0.1) is 0 Å². The van der Waals surface area contributed by atoms with E-state index in [1.807, 2.05) is 18.2 Å². The average molecular weight is 263 g/mol. The molecule has 104 valence electrons. The van der Waals surface area contributed by atoms with Crippen LogP contribution in [0.4, 0.5) is 0 Å². The molecular formula is C15H21NO3. The number of allylic oxidation sites excluding steroid dienone is 1. The van der Waals surface area contributed by atoms with E-state index in [-0.39, 0.29) is 6.10 Å². The summed E-state index contributed by atoms with van der Waals surface area (Å²) in [6, 6.07) is 5.96. The van der Waals surface area contributed by atoms with Crippen LogP contribution >= 0.6 is 0 Å². The third-order valence-corrected chi connectivity index (χ3v) is 3.17. The highest BCUT2D eigenvalue weighted by molar-refractivity contribution is 5.42. The van der Waals surface area contributed by atoms with Crippen LogP contribution in [0.3, 0.4) is 0 Å². The van der Waals surface area contributed by atoms with Gasteiger partial charge in [-0.1, -0.05) is 6.07 Å². The van der Waals surface area contributed by atoms with Gasteiger partial charge in [0.25, 0.3) is 0 Å². The van der Waals surface area contributed by atoms with E-state index in [0.717, 1.165) is 37.4 Å². The third-order valence-electron chi connectivity index (χ3n) is 3.17. The van der Waals surface area contributed by atoms with E-state index in [0.29, 0.717) is 0 Å². The molecule has 1 aromatic rings. The molecule has 4 nitrogen and oxygen atoms in total. The number of benzene rings is 1. The van der Waals surface area contributed by atoms with Crippen molar-refractivity contribution in [2.75, 3.05) is 20.8 Å². The lowest BCUT2D eigenvalue weighted by Gasteiger charge is -2.19. The summed E-state index contributed by atoms with van der Waals surface area (Å²) in [4.78, 5) is 0. The van der Waals surface area contributed by atoms with Crippen LogP contribution in [0.5, 0.6) is 11.5 Å². The SMILES string of the molecule is COc1ccc(CNCC2CCC=CO2)cc1OC. The van der Waals surface area contributed by atoms with Gasteiger partial charge in [-0.05, 0) is 36.6 Å². The van der Waals surface area contributed by atoms with E-state index >= 15 is 0 Å². The Bertz CT molecular complexity index is 431. The molecule has 1 aliphatic heterocycles. The quantitative estimate of drug-likeness (QED) is 0.856. The molecule has 1 aliphatic rings. The second kappa shape index (κ2) is 7.04. The summed E-state index contributed by atoms with van der Waals surface area (Å²) < 4.78 is 16.0. The fourth-order valence-electron chi connectivity index (χ4n) is 2.10. The van der Waals surface area contributed by atoms with E-state index in [1.54, 1.807) is 20.5 Å². The third kappa shape index (κ3) is 3.89. The van der Waals surface area contributed by atoms with Crippen molar-refractivity contribution in [3.63, 3.8) is 0 Å². The monoisotopic (exact) mass is 263 g/mol. The highest BCUT2D eigenvalue weighted by Crippen LogP contribution is 2.27. The van der Waals surface area contributed by atoms with E-state index in [1.165, 1.54) is 5.56 Å². The number of rotatable bonds is 6. The van der Waals surface area contributed by atoms with Crippen LogP contribution in [-0.4, -0.2) is 26.9 Å². The molecule has 0 aromatic heterocycles. The van der Waals surface area contributed by atoms with Gasteiger partial charge in [0.05, 0.1) is 20.5 Å². The van der Waals surface area contributed by atoms with Gasteiger partial charge in [0.15, 0.2) is 11.5 Å². The van der Waals surface area contributed by atoms with Crippen LogP contribution in [0.25, 0.3) is 0 Å². The molecule has 0 spiro atoms. The van der Waals surface area contributed by atoms with Gasteiger partial charge in [0, 0.05) is 13.1 Å². The molecule has 4 heteroatoms. The molecule has 1 unspecified atom stereocenters. The highest BCUT2D eigenvalue weighted by atomic mass is 16.5. The highest BCUT2D eigenvalue weighted by Gasteiger charge is 2.10. The minimum Gasteiger partial charge on any atom is -0.497 e. The summed E-state index contributed by atoms with van der Waals surface area (Å²) in [7, 11) is 3.29. The predicted octanol–water partition coefficient (Wildman–Crippen LogP) is 2.49. The van der Waals surface area contributed by atoms with Crippen molar-refractivity contribution < 1.29 is 14.2 Å². The Hall–Kier alpha value is -1.68. The van der Waals surface area contributed by atoms with Crippen LogP contribution in [-0.2, 0) is 11.3 Å². The number of hydrogen-bond acceptors (Lipinski definition) is 4. The molecule has 1 heterocycles. The number of hydrogen-bond donors (Lipinski definition) is 1. The number of ether oxygens (including phenoxy) is 3. The molecule has 0 amide bonds. The van der Waals surface area contributed by atoms with Gasteiger partial charge >= 0.3 is 0 Å². The predicted molar refractivity (Wildman–Crippen MR) is 74.5 cm³/mol. The minimum absolute atomic E-state index is 0.283. The van der Waals surface area contributed by atoms with Gasteiger partial charge in [0.1, 0.15) is 6.10 Å². The molecule has 0 radical (unpaired) electrons. The van der Waals surface area contributed by atoms with Crippen LogP contribution in [0, 0.1) is 0 Å². The lowest BCUT2D eigenvalue weighted by molar-refractivity contribution is 0.122. The molecule has 19 heavy (non-hydrogen) atoms. The Morgan fingerprint density at radius 3 is 2.79 bits per heavy atom. The molecule has 0 saturated carbocycles. The van der Waals surface area contributed by atoms with Crippen molar-refractivity contribution in [2.45, 2.75) is 25.5 Å². The fourth-order valence-corrected chi connectivity index (χ4v) is 2.10. The lowest BCUT2D eigenvalue weighted by atomic mass is 10.1. The van der Waals surface area contributed by atoms with Gasteiger partial charge in [-0.25, -0.2) is 0 Å². The normalized spacial score (nSPS) is 17.9. The number of nitrogens with one attached hydrogen (secondary N) is 1. The molecule has 2 rings (SSSR count). The molecule has 0 bridgehead atoms. The molecule has 0 fully saturated rings. The summed E-state index contributed by atoms with van der Waals surface area (Å²) >= 11 is 0. The molecule has 1 atom stereocenters. The van der Waals surface area contributed by atoms with Gasteiger partial charge < -0.3 is 19.5 Å². The first-order valence-corrected chi connectivity index (χ1v) is 6.55. The lowest BCUT2D eigenvalue weighted by Crippen LogP contribution is -2.28. The summed E-state index contributed by atoms with van der Waals surface area (Å²) in [5, 5.41) is 3.40. The zero-order chi connectivity index (χ0) is 13.5. The second-order valence-electron chi connectivity index (χ2n) is 4.53. The van der Waals surface area contributed by atoms with Crippen molar-refractivity contribution in [1.82, 2.24) is 5.32 Å². The van der Waals surface area contributed by atoms with E-state index in [9.17, 15) is 0 Å². The van der Waals surface area contributed by atoms with Crippen LogP contribution in [0.2, 0.25) is 0 Å². The summed E-state index contributed by atoms with van der Waals surface area (Å²) in [5.41, 5.74) is 1.17. The van der Waals surface area contributed by atoms with Crippen molar-refractivity contribution in [2.24, 2.45) is 0 Å². The largest absolute Gasteiger partial charge is 0.497 e. The fraction of sp³-hybridized carbons (Fsp3) is 0.467. The first-order valence-electron chi connectivity index (χ1n) is 6.55. The first-order chi connectivity index (χ1) is 9.33. The van der Waals surface area contributed by atoms with E-state index < -0.39 is 0 Å². The zero-order valence-corrected chi connectivity index (χ0v) is 11.5. The van der Waals surface area contributed by atoms with Crippen LogP contribution in [0.1, 0.15) is 18.4 Å². The summed E-state index contributed by atoms with van der Waals surface area (Å²) in [6.45, 7) is 1.66. The van der Waals surface area contributed by atoms with Gasteiger partial charge in [-0.3, -0.25) is 0 Å². The van der Waals surface area contributed by atoms with Crippen LogP contribution < -0.4 is 14.8 Å². The Kier molecular flexibility index (Phi) is 5.10. The Morgan fingerprint density at radius 1 is 1.26 bits per heavy atom. The van der Waals surface area contributed by atoms with Crippen molar-refractivity contribution >= 4 is 0 Å². The maximum Gasteiger partial charge on any atom is 0.161 e. The summed E-state index contributed by atoms with van der Waals surface area (Å²) in [6.07, 6.45) is 6.32. The molecule has 1 aromatic carbocycles. The Morgan fingerprint density at radius 2 is 2.11 bits per heavy atom. The van der Waals surface area contributed by atoms with Crippen molar-refractivity contribution in [3.8, 4) is 11.5 Å². The maximum absolute atomic E-state index is 5.51. The average Bonchev–Trinajstić information content (AvgIpc) is 2.48. The summed E-state index contributed by atoms with van der Waals surface area (Å²) in [5.74, 6) is 1.52. The minimum atomic E-state index is 0.283. The Balaban J connectivity index is 1.83. The molecular weight excluding hydrogens is 242 g/mol. The van der Waals surface area contributed by atoms with Gasteiger partial charge in [-0.2, -0.15) is 0 Å². The van der Waals surface area contributed by atoms with Gasteiger partial charge in [0.2, 0.25) is 0 Å².